The second-order valence-electron chi connectivity index (χ2n) is 6.09. The van der Waals surface area contributed by atoms with Gasteiger partial charge in [-0.2, -0.15) is 0 Å². The Labute approximate surface area is 137 Å². The molecule has 0 saturated heterocycles. The van der Waals surface area contributed by atoms with Crippen molar-refractivity contribution in [2.75, 3.05) is 5.32 Å². The van der Waals surface area contributed by atoms with Gasteiger partial charge in [-0.05, 0) is 54.3 Å². The molecule has 0 spiro atoms. The number of aryl methyl sites for hydroxylation is 1. The number of rotatable bonds is 3. The van der Waals surface area contributed by atoms with Gasteiger partial charge >= 0.3 is 0 Å². The molecular formula is C22H19N. The standard InChI is InChI=1S/C22H19N/c1-16-11-12-22(23-20-9-3-2-4-10-20)21(13-16)19-14-17-7-5-6-8-18(17)15-19/h2-14,23H,15H2,1H3. The number of allylic oxidation sites excluding steroid dienone is 1. The summed E-state index contributed by atoms with van der Waals surface area (Å²) in [4.78, 5) is 0. The summed E-state index contributed by atoms with van der Waals surface area (Å²) >= 11 is 0. The summed E-state index contributed by atoms with van der Waals surface area (Å²) in [6, 6.07) is 25.6. The van der Waals surface area contributed by atoms with E-state index in [0.29, 0.717) is 0 Å². The third kappa shape index (κ3) is 2.78. The van der Waals surface area contributed by atoms with Crippen LogP contribution >= 0.6 is 0 Å². The molecule has 1 aliphatic rings. The minimum absolute atomic E-state index is 1.00. The number of benzene rings is 3. The third-order valence-corrected chi connectivity index (χ3v) is 4.34. The Morgan fingerprint density at radius 1 is 0.826 bits per heavy atom. The zero-order valence-electron chi connectivity index (χ0n) is 13.2. The van der Waals surface area contributed by atoms with Gasteiger partial charge in [0.2, 0.25) is 0 Å². The Hall–Kier alpha value is -2.80. The number of nitrogens with one attached hydrogen (secondary N) is 1. The van der Waals surface area contributed by atoms with Crippen LogP contribution in [-0.2, 0) is 6.42 Å². The zero-order chi connectivity index (χ0) is 15.6. The fourth-order valence-corrected chi connectivity index (χ4v) is 3.16. The molecule has 0 fully saturated rings. The Balaban J connectivity index is 1.73. The van der Waals surface area contributed by atoms with E-state index in [0.717, 1.165) is 12.1 Å². The minimum atomic E-state index is 1.00. The largest absolute Gasteiger partial charge is 0.355 e. The molecule has 0 unspecified atom stereocenters. The molecule has 23 heavy (non-hydrogen) atoms. The summed E-state index contributed by atoms with van der Waals surface area (Å²) in [6.45, 7) is 2.15. The van der Waals surface area contributed by atoms with Crippen molar-refractivity contribution in [3.05, 3.63) is 95.1 Å². The first-order chi connectivity index (χ1) is 11.3. The minimum Gasteiger partial charge on any atom is -0.355 e. The van der Waals surface area contributed by atoms with Crippen LogP contribution in [0.5, 0.6) is 0 Å². The molecule has 1 heteroatoms. The Bertz CT molecular complexity index is 875. The van der Waals surface area contributed by atoms with Crippen molar-refractivity contribution in [3.8, 4) is 0 Å². The molecule has 0 saturated carbocycles. The van der Waals surface area contributed by atoms with E-state index in [4.69, 9.17) is 0 Å². The summed E-state index contributed by atoms with van der Waals surface area (Å²) in [5, 5.41) is 3.56. The van der Waals surface area contributed by atoms with Gasteiger partial charge in [0.25, 0.3) is 0 Å². The van der Waals surface area contributed by atoms with E-state index in [1.54, 1.807) is 0 Å². The second-order valence-corrected chi connectivity index (χ2v) is 6.09. The summed E-state index contributed by atoms with van der Waals surface area (Å²) in [7, 11) is 0. The predicted molar refractivity (Wildman–Crippen MR) is 98.9 cm³/mol. The van der Waals surface area contributed by atoms with Crippen LogP contribution < -0.4 is 5.32 Å². The van der Waals surface area contributed by atoms with Crippen molar-refractivity contribution >= 4 is 23.0 Å². The number of hydrogen-bond acceptors (Lipinski definition) is 1. The molecule has 0 atom stereocenters. The summed E-state index contributed by atoms with van der Waals surface area (Å²) in [6.07, 6.45) is 3.32. The molecule has 1 aliphatic carbocycles. The molecule has 4 rings (SSSR count). The average molecular weight is 297 g/mol. The molecule has 0 bridgehead atoms. The molecule has 1 N–H and O–H groups in total. The zero-order valence-corrected chi connectivity index (χ0v) is 13.2. The fourth-order valence-electron chi connectivity index (χ4n) is 3.16. The van der Waals surface area contributed by atoms with E-state index in [9.17, 15) is 0 Å². The van der Waals surface area contributed by atoms with Crippen molar-refractivity contribution in [3.63, 3.8) is 0 Å². The van der Waals surface area contributed by atoms with Crippen LogP contribution in [0, 0.1) is 6.92 Å². The molecule has 1 nitrogen and oxygen atoms in total. The first-order valence-corrected chi connectivity index (χ1v) is 8.01. The van der Waals surface area contributed by atoms with Crippen molar-refractivity contribution in [1.29, 1.82) is 0 Å². The lowest BCUT2D eigenvalue weighted by molar-refractivity contribution is 1.31. The van der Waals surface area contributed by atoms with Crippen molar-refractivity contribution in [2.24, 2.45) is 0 Å². The fraction of sp³-hybridized carbons (Fsp3) is 0.0909. The van der Waals surface area contributed by atoms with Crippen LogP contribution in [0.15, 0.2) is 72.8 Å². The smallest absolute Gasteiger partial charge is 0.0460 e. The molecule has 0 aromatic heterocycles. The molecule has 3 aromatic carbocycles. The van der Waals surface area contributed by atoms with E-state index in [2.05, 4.69) is 85.0 Å². The van der Waals surface area contributed by atoms with E-state index < -0.39 is 0 Å². The first kappa shape index (κ1) is 13.8. The lowest BCUT2D eigenvalue weighted by atomic mass is 9.99. The van der Waals surface area contributed by atoms with Crippen LogP contribution in [0.1, 0.15) is 22.3 Å². The van der Waals surface area contributed by atoms with Gasteiger partial charge in [-0.25, -0.2) is 0 Å². The molecular weight excluding hydrogens is 278 g/mol. The highest BCUT2D eigenvalue weighted by Gasteiger charge is 2.16. The van der Waals surface area contributed by atoms with Crippen LogP contribution in [0.2, 0.25) is 0 Å². The highest BCUT2D eigenvalue weighted by atomic mass is 14.9. The maximum atomic E-state index is 3.56. The van der Waals surface area contributed by atoms with E-state index in [1.165, 1.54) is 33.5 Å². The van der Waals surface area contributed by atoms with Crippen LogP contribution in [0.25, 0.3) is 11.6 Å². The van der Waals surface area contributed by atoms with Gasteiger partial charge in [0.1, 0.15) is 0 Å². The molecule has 0 aliphatic heterocycles. The van der Waals surface area contributed by atoms with Gasteiger partial charge in [-0.15, -0.1) is 0 Å². The van der Waals surface area contributed by atoms with E-state index in [1.807, 2.05) is 6.07 Å². The highest BCUT2D eigenvalue weighted by Crippen LogP contribution is 2.36. The highest BCUT2D eigenvalue weighted by molar-refractivity contribution is 5.93. The SMILES string of the molecule is Cc1ccc(Nc2ccccc2)c(C2=Cc3ccccc3C2)c1. The van der Waals surface area contributed by atoms with Crippen molar-refractivity contribution < 1.29 is 0 Å². The van der Waals surface area contributed by atoms with Gasteiger partial charge in [-0.1, -0.05) is 60.2 Å². The van der Waals surface area contributed by atoms with E-state index >= 15 is 0 Å². The number of fused-ring (bicyclic) bond motifs is 1. The van der Waals surface area contributed by atoms with Gasteiger partial charge in [-0.3, -0.25) is 0 Å². The van der Waals surface area contributed by atoms with Crippen LogP contribution in [0.4, 0.5) is 11.4 Å². The van der Waals surface area contributed by atoms with Crippen molar-refractivity contribution in [1.82, 2.24) is 0 Å². The summed E-state index contributed by atoms with van der Waals surface area (Å²) in [5.74, 6) is 0. The monoisotopic (exact) mass is 297 g/mol. The Morgan fingerprint density at radius 2 is 1.61 bits per heavy atom. The lowest BCUT2D eigenvalue weighted by Crippen LogP contribution is -1.97. The van der Waals surface area contributed by atoms with Crippen LogP contribution in [-0.4, -0.2) is 0 Å². The third-order valence-electron chi connectivity index (χ3n) is 4.34. The predicted octanol–water partition coefficient (Wildman–Crippen LogP) is 5.84. The Morgan fingerprint density at radius 3 is 2.43 bits per heavy atom. The molecule has 3 aromatic rings. The van der Waals surface area contributed by atoms with E-state index in [-0.39, 0.29) is 0 Å². The number of hydrogen-bond donors (Lipinski definition) is 1. The first-order valence-electron chi connectivity index (χ1n) is 8.01. The maximum absolute atomic E-state index is 3.56. The molecule has 0 amide bonds. The van der Waals surface area contributed by atoms with Gasteiger partial charge < -0.3 is 5.32 Å². The van der Waals surface area contributed by atoms with Gasteiger partial charge in [0.05, 0.1) is 0 Å². The summed E-state index contributed by atoms with van der Waals surface area (Å²) in [5.41, 5.74) is 9.01. The molecule has 0 heterocycles. The number of anilines is 2. The quantitative estimate of drug-likeness (QED) is 0.641. The number of para-hydroxylation sites is 1. The Kier molecular flexibility index (Phi) is 3.47. The maximum Gasteiger partial charge on any atom is 0.0460 e. The van der Waals surface area contributed by atoms with Gasteiger partial charge in [0.15, 0.2) is 0 Å². The average Bonchev–Trinajstić information content (AvgIpc) is 3.01. The van der Waals surface area contributed by atoms with Gasteiger partial charge in [0, 0.05) is 16.9 Å². The normalized spacial score (nSPS) is 12.7. The molecule has 112 valence electrons. The van der Waals surface area contributed by atoms with Crippen molar-refractivity contribution in [2.45, 2.75) is 13.3 Å². The molecule has 0 radical (unpaired) electrons. The van der Waals surface area contributed by atoms with Crippen LogP contribution in [0.3, 0.4) is 0 Å². The second kappa shape index (κ2) is 5.77. The lowest BCUT2D eigenvalue weighted by Gasteiger charge is -2.14. The summed E-state index contributed by atoms with van der Waals surface area (Å²) < 4.78 is 0. The topological polar surface area (TPSA) is 12.0 Å².